The molecule has 4 N–H and O–H groups in total. The van der Waals surface area contributed by atoms with Crippen LogP contribution in [0.3, 0.4) is 0 Å². The van der Waals surface area contributed by atoms with Crippen molar-refractivity contribution < 1.29 is 23.9 Å². The van der Waals surface area contributed by atoms with Gasteiger partial charge in [0, 0.05) is 19.0 Å². The number of amides is 4. The summed E-state index contributed by atoms with van der Waals surface area (Å²) in [7, 11) is 0. The van der Waals surface area contributed by atoms with E-state index in [1.165, 1.54) is 4.90 Å². The molecule has 3 atom stereocenters. The van der Waals surface area contributed by atoms with Gasteiger partial charge in [-0.3, -0.25) is 14.4 Å². The lowest BCUT2D eigenvalue weighted by Crippen LogP contribution is -2.54. The number of unbranched alkanes of at least 4 members (excludes halogenated alkanes) is 1. The molecule has 0 fully saturated rings. The number of ether oxygens (including phenoxy) is 1. The fraction of sp³-hybridized carbons (Fsp3) is 0.643. The van der Waals surface area contributed by atoms with Crippen LogP contribution in [0.5, 0.6) is 0 Å². The Morgan fingerprint density at radius 2 is 1.73 bits per heavy atom. The molecule has 0 saturated carbocycles. The maximum Gasteiger partial charge on any atom is 0.408 e. The normalized spacial score (nSPS) is 13.7. The molecular formula is C28H46N4O5. The van der Waals surface area contributed by atoms with Crippen molar-refractivity contribution in [1.82, 2.24) is 15.5 Å². The van der Waals surface area contributed by atoms with E-state index in [0.29, 0.717) is 18.5 Å². The fourth-order valence-electron chi connectivity index (χ4n) is 4.03. The predicted molar refractivity (Wildman–Crippen MR) is 145 cm³/mol. The molecule has 0 bridgehead atoms. The minimum absolute atomic E-state index is 0.00950. The first-order chi connectivity index (χ1) is 17.3. The maximum atomic E-state index is 14.0. The number of nitrogens with one attached hydrogen (secondary N) is 2. The number of nitrogens with zero attached hydrogens (tertiary/aromatic N) is 1. The fourth-order valence-corrected chi connectivity index (χ4v) is 4.03. The first-order valence-corrected chi connectivity index (χ1v) is 13.2. The average molecular weight is 519 g/mol. The molecule has 4 amide bonds. The van der Waals surface area contributed by atoms with E-state index >= 15 is 0 Å². The topological polar surface area (TPSA) is 131 Å². The maximum absolute atomic E-state index is 14.0. The minimum atomic E-state index is -1.09. The number of carbonyl (C=O) groups is 4. The van der Waals surface area contributed by atoms with Crippen molar-refractivity contribution in [3.8, 4) is 0 Å². The van der Waals surface area contributed by atoms with Gasteiger partial charge in [-0.25, -0.2) is 4.79 Å². The largest absolute Gasteiger partial charge is 0.444 e. The summed E-state index contributed by atoms with van der Waals surface area (Å²) in [5, 5.41) is 5.66. The van der Waals surface area contributed by atoms with Gasteiger partial charge in [-0.15, -0.1) is 0 Å². The van der Waals surface area contributed by atoms with Crippen LogP contribution in [-0.2, 0) is 19.1 Å². The molecule has 1 aromatic rings. The van der Waals surface area contributed by atoms with Gasteiger partial charge in [0.05, 0.1) is 0 Å². The third kappa shape index (κ3) is 11.7. The van der Waals surface area contributed by atoms with Crippen LogP contribution >= 0.6 is 0 Å². The zero-order valence-corrected chi connectivity index (χ0v) is 23.6. The monoisotopic (exact) mass is 518 g/mol. The number of alkyl carbamates (subject to hydrolysis) is 1. The quantitative estimate of drug-likeness (QED) is 0.341. The van der Waals surface area contributed by atoms with Crippen LogP contribution in [0.25, 0.3) is 0 Å². The predicted octanol–water partition coefficient (Wildman–Crippen LogP) is 4.13. The van der Waals surface area contributed by atoms with Crippen molar-refractivity contribution in [1.29, 1.82) is 0 Å². The molecule has 0 aliphatic carbocycles. The van der Waals surface area contributed by atoms with E-state index in [4.69, 9.17) is 10.5 Å². The lowest BCUT2D eigenvalue weighted by Gasteiger charge is -2.35. The van der Waals surface area contributed by atoms with Crippen molar-refractivity contribution in [3.63, 3.8) is 0 Å². The van der Waals surface area contributed by atoms with E-state index in [-0.39, 0.29) is 24.8 Å². The highest BCUT2D eigenvalue weighted by molar-refractivity contribution is 5.92. The Hall–Kier alpha value is -3.10. The summed E-state index contributed by atoms with van der Waals surface area (Å²) in [6, 6.07) is 5.43. The number of primary amides is 1. The van der Waals surface area contributed by atoms with Gasteiger partial charge < -0.3 is 26.0 Å². The zero-order valence-electron chi connectivity index (χ0n) is 23.6. The Balaban J connectivity index is 3.48. The molecule has 0 aliphatic heterocycles. The standard InChI is InChI=1S/C28H46N4O5/c1-8-10-17-32(26(35)22(15-16-23(29)33)31-27(36)37-28(5,6)7)24(21-14-11-13-19(3)18-21)25(34)30-20(4)12-9-2/h11,13-14,18,20,22,24H,8-10,12,15-17H2,1-7H3,(H2,29,33)(H,30,34)(H,31,36). The van der Waals surface area contributed by atoms with Crippen LogP contribution in [0, 0.1) is 6.92 Å². The van der Waals surface area contributed by atoms with Gasteiger partial charge >= 0.3 is 6.09 Å². The van der Waals surface area contributed by atoms with E-state index in [9.17, 15) is 19.2 Å². The molecule has 37 heavy (non-hydrogen) atoms. The molecule has 9 nitrogen and oxygen atoms in total. The third-order valence-electron chi connectivity index (χ3n) is 5.73. The highest BCUT2D eigenvalue weighted by Crippen LogP contribution is 2.25. The highest BCUT2D eigenvalue weighted by Gasteiger charge is 2.36. The van der Waals surface area contributed by atoms with E-state index in [0.717, 1.165) is 24.8 Å². The molecular weight excluding hydrogens is 472 g/mol. The summed E-state index contributed by atoms with van der Waals surface area (Å²) in [5.74, 6) is -1.35. The van der Waals surface area contributed by atoms with Crippen LogP contribution in [0.4, 0.5) is 4.79 Å². The van der Waals surface area contributed by atoms with Crippen LogP contribution < -0.4 is 16.4 Å². The van der Waals surface area contributed by atoms with Crippen LogP contribution in [-0.4, -0.2) is 52.9 Å². The summed E-state index contributed by atoms with van der Waals surface area (Å²) < 4.78 is 5.36. The second-order valence-corrected chi connectivity index (χ2v) is 10.6. The van der Waals surface area contributed by atoms with E-state index < -0.39 is 35.6 Å². The van der Waals surface area contributed by atoms with Crippen molar-refractivity contribution in [2.45, 2.75) is 111 Å². The van der Waals surface area contributed by atoms with E-state index in [2.05, 4.69) is 10.6 Å². The highest BCUT2D eigenvalue weighted by atomic mass is 16.6. The van der Waals surface area contributed by atoms with Gasteiger partial charge in [-0.05, 0) is 59.4 Å². The summed E-state index contributed by atoms with van der Waals surface area (Å²) in [5.41, 5.74) is 6.21. The van der Waals surface area contributed by atoms with Gasteiger partial charge in [-0.2, -0.15) is 0 Å². The van der Waals surface area contributed by atoms with Gasteiger partial charge in [0.1, 0.15) is 17.7 Å². The number of hydrogen-bond donors (Lipinski definition) is 3. The molecule has 3 unspecified atom stereocenters. The van der Waals surface area contributed by atoms with Crippen molar-refractivity contribution >= 4 is 23.8 Å². The van der Waals surface area contributed by atoms with E-state index in [1.807, 2.05) is 52.0 Å². The molecule has 0 aliphatic rings. The average Bonchev–Trinajstić information content (AvgIpc) is 2.77. The lowest BCUT2D eigenvalue weighted by atomic mass is 9.99. The Morgan fingerprint density at radius 3 is 2.27 bits per heavy atom. The smallest absolute Gasteiger partial charge is 0.408 e. The molecule has 1 aromatic carbocycles. The molecule has 1 rings (SSSR count). The van der Waals surface area contributed by atoms with Gasteiger partial charge in [0.15, 0.2) is 0 Å². The zero-order chi connectivity index (χ0) is 28.2. The summed E-state index contributed by atoms with van der Waals surface area (Å²) in [6.07, 6.45) is 2.26. The van der Waals surface area contributed by atoms with Gasteiger partial charge in [0.2, 0.25) is 17.7 Å². The Kier molecular flexibility index (Phi) is 13.1. The molecule has 0 radical (unpaired) electrons. The number of rotatable bonds is 14. The molecule has 0 aromatic heterocycles. The van der Waals surface area contributed by atoms with Crippen LogP contribution in [0.15, 0.2) is 24.3 Å². The minimum Gasteiger partial charge on any atom is -0.444 e. The molecule has 208 valence electrons. The molecule has 9 heteroatoms. The molecule has 0 heterocycles. The lowest BCUT2D eigenvalue weighted by molar-refractivity contribution is -0.143. The Bertz CT molecular complexity index is 912. The summed E-state index contributed by atoms with van der Waals surface area (Å²) in [4.78, 5) is 53.3. The van der Waals surface area contributed by atoms with Crippen molar-refractivity contribution in [2.24, 2.45) is 5.73 Å². The van der Waals surface area contributed by atoms with Crippen LogP contribution in [0.2, 0.25) is 0 Å². The number of nitrogens with two attached hydrogens (primary N) is 1. The first-order valence-electron chi connectivity index (χ1n) is 13.2. The Labute approximate surface area is 221 Å². The third-order valence-corrected chi connectivity index (χ3v) is 5.73. The second kappa shape index (κ2) is 15.2. The van der Waals surface area contributed by atoms with E-state index in [1.54, 1.807) is 20.8 Å². The van der Waals surface area contributed by atoms with Crippen LogP contribution in [0.1, 0.15) is 97.2 Å². The number of aryl methyl sites for hydroxylation is 1. The number of carbonyl (C=O) groups excluding carboxylic acids is 4. The number of hydrogen-bond acceptors (Lipinski definition) is 5. The number of benzene rings is 1. The summed E-state index contributed by atoms with van der Waals surface area (Å²) >= 11 is 0. The Morgan fingerprint density at radius 1 is 1.05 bits per heavy atom. The molecule has 0 spiro atoms. The SMILES string of the molecule is CCCCN(C(=O)C(CCC(N)=O)NC(=O)OC(C)(C)C)C(C(=O)NC(C)CCC)c1cccc(C)c1. The van der Waals surface area contributed by atoms with Crippen molar-refractivity contribution in [2.75, 3.05) is 6.54 Å². The first kappa shape index (κ1) is 31.9. The second-order valence-electron chi connectivity index (χ2n) is 10.6. The van der Waals surface area contributed by atoms with Gasteiger partial charge in [0.25, 0.3) is 0 Å². The molecule has 0 saturated heterocycles. The van der Waals surface area contributed by atoms with Crippen molar-refractivity contribution in [3.05, 3.63) is 35.4 Å². The summed E-state index contributed by atoms with van der Waals surface area (Å²) in [6.45, 7) is 13.4. The van der Waals surface area contributed by atoms with Gasteiger partial charge in [-0.1, -0.05) is 56.5 Å².